The molecule has 1 amide bonds. The van der Waals surface area contributed by atoms with Crippen LogP contribution >= 0.6 is 11.3 Å². The first kappa shape index (κ1) is 26.0. The van der Waals surface area contributed by atoms with Gasteiger partial charge >= 0.3 is 11.9 Å². The van der Waals surface area contributed by atoms with Gasteiger partial charge in [0.15, 0.2) is 5.75 Å². The van der Waals surface area contributed by atoms with Crippen molar-refractivity contribution in [3.05, 3.63) is 77.3 Å². The summed E-state index contributed by atoms with van der Waals surface area (Å²) in [5.41, 5.74) is 2.22. The van der Waals surface area contributed by atoms with Crippen molar-refractivity contribution in [1.82, 2.24) is 4.98 Å². The van der Waals surface area contributed by atoms with Crippen molar-refractivity contribution in [2.45, 2.75) is 25.6 Å². The molecule has 0 spiro atoms. The van der Waals surface area contributed by atoms with Crippen molar-refractivity contribution >= 4 is 50.8 Å². The van der Waals surface area contributed by atoms with E-state index in [0.717, 1.165) is 15.2 Å². The quantitative estimate of drug-likeness (QED) is 0.259. The topological polar surface area (TPSA) is 138 Å². The van der Waals surface area contributed by atoms with E-state index < -0.39 is 23.9 Å². The van der Waals surface area contributed by atoms with Crippen molar-refractivity contribution in [3.8, 4) is 11.5 Å². The SMILES string of the molecule is O=C(O)CCCN1CC(C(=O)O)Oc2c(NC(=O)c3ccc(OCc4nc5ccccc5s4)cc3)cccc21. The van der Waals surface area contributed by atoms with Crippen LogP contribution in [0.15, 0.2) is 66.7 Å². The third kappa shape index (κ3) is 6.10. The molecule has 0 saturated heterocycles. The fraction of sp³-hybridized carbons (Fsp3) is 0.214. The van der Waals surface area contributed by atoms with E-state index >= 15 is 0 Å². The zero-order valence-electron chi connectivity index (χ0n) is 20.7. The van der Waals surface area contributed by atoms with Crippen LogP contribution in [0.4, 0.5) is 11.4 Å². The first-order valence-electron chi connectivity index (χ1n) is 12.3. The third-order valence-corrected chi connectivity index (χ3v) is 7.15. The number of rotatable bonds is 10. The van der Waals surface area contributed by atoms with E-state index in [-0.39, 0.29) is 18.7 Å². The molecule has 3 aromatic carbocycles. The molecule has 0 radical (unpaired) electrons. The Morgan fingerprint density at radius 1 is 1.05 bits per heavy atom. The minimum atomic E-state index is -1.16. The number of hydrogen-bond donors (Lipinski definition) is 3. The second kappa shape index (κ2) is 11.4. The van der Waals surface area contributed by atoms with Gasteiger partial charge in [0.2, 0.25) is 6.10 Å². The fourth-order valence-corrected chi connectivity index (χ4v) is 5.14. The number of para-hydroxylation sites is 2. The van der Waals surface area contributed by atoms with Gasteiger partial charge in [0.1, 0.15) is 17.4 Å². The molecule has 39 heavy (non-hydrogen) atoms. The first-order valence-corrected chi connectivity index (χ1v) is 13.1. The summed E-state index contributed by atoms with van der Waals surface area (Å²) in [6.07, 6.45) is -0.862. The standard InChI is InChI=1S/C28H25N3O7S/c32-25(33)9-4-14-31-15-22(28(35)36)38-26-20(6-3-7-21(26)31)30-27(34)17-10-12-18(13-11-17)37-16-24-29-19-5-1-2-8-23(19)39-24/h1-3,5-8,10-13,22H,4,9,14-16H2,(H,30,34)(H,32,33)(H,35,36). The van der Waals surface area contributed by atoms with Gasteiger partial charge in [-0.1, -0.05) is 18.2 Å². The molecule has 1 aromatic heterocycles. The Labute approximate surface area is 227 Å². The molecular weight excluding hydrogens is 522 g/mol. The predicted molar refractivity (Wildman–Crippen MR) is 146 cm³/mol. The van der Waals surface area contributed by atoms with E-state index in [1.54, 1.807) is 58.7 Å². The molecule has 1 unspecified atom stereocenters. The third-order valence-electron chi connectivity index (χ3n) is 6.14. The monoisotopic (exact) mass is 547 g/mol. The Kier molecular flexibility index (Phi) is 7.60. The van der Waals surface area contributed by atoms with Gasteiger partial charge in [-0.05, 0) is 55.0 Å². The van der Waals surface area contributed by atoms with Gasteiger partial charge in [0, 0.05) is 18.5 Å². The summed E-state index contributed by atoms with van der Waals surface area (Å²) in [6, 6.07) is 19.7. The van der Waals surface area contributed by atoms with Crippen molar-refractivity contribution in [3.63, 3.8) is 0 Å². The van der Waals surface area contributed by atoms with Crippen LogP contribution in [0.5, 0.6) is 11.5 Å². The number of fused-ring (bicyclic) bond motifs is 2. The summed E-state index contributed by atoms with van der Waals surface area (Å²) in [5.74, 6) is -1.65. The molecule has 0 bridgehead atoms. The average Bonchev–Trinajstić information content (AvgIpc) is 3.35. The van der Waals surface area contributed by atoms with Gasteiger partial charge in [-0.15, -0.1) is 11.3 Å². The van der Waals surface area contributed by atoms with Crippen molar-refractivity contribution in [2.75, 3.05) is 23.3 Å². The highest BCUT2D eigenvalue weighted by Gasteiger charge is 2.32. The lowest BCUT2D eigenvalue weighted by Gasteiger charge is -2.35. The predicted octanol–water partition coefficient (Wildman–Crippen LogP) is 4.64. The molecule has 5 rings (SSSR count). The number of carboxylic acids is 2. The van der Waals surface area contributed by atoms with Crippen LogP contribution < -0.4 is 19.7 Å². The summed E-state index contributed by atoms with van der Waals surface area (Å²) in [7, 11) is 0. The highest BCUT2D eigenvalue weighted by atomic mass is 32.1. The second-order valence-electron chi connectivity index (χ2n) is 8.88. The van der Waals surface area contributed by atoms with Gasteiger partial charge in [-0.2, -0.15) is 0 Å². The minimum Gasteiger partial charge on any atom is -0.486 e. The summed E-state index contributed by atoms with van der Waals surface area (Å²) < 4.78 is 12.7. The van der Waals surface area contributed by atoms with E-state index in [2.05, 4.69) is 10.3 Å². The number of anilines is 2. The largest absolute Gasteiger partial charge is 0.486 e. The molecule has 10 nitrogen and oxygen atoms in total. The van der Waals surface area contributed by atoms with Crippen LogP contribution in [0, 0.1) is 0 Å². The molecule has 0 saturated carbocycles. The van der Waals surface area contributed by atoms with E-state index in [9.17, 15) is 19.5 Å². The number of carboxylic acid groups (broad SMARTS) is 2. The maximum Gasteiger partial charge on any atom is 0.346 e. The Balaban J connectivity index is 1.26. The number of nitrogens with zero attached hydrogens (tertiary/aromatic N) is 2. The van der Waals surface area contributed by atoms with Crippen LogP contribution in [0.1, 0.15) is 28.2 Å². The van der Waals surface area contributed by atoms with Gasteiger partial charge in [0.05, 0.1) is 28.1 Å². The number of ether oxygens (including phenoxy) is 2. The van der Waals surface area contributed by atoms with Gasteiger partial charge < -0.3 is 29.9 Å². The molecule has 2 heterocycles. The second-order valence-corrected chi connectivity index (χ2v) is 10.00. The Morgan fingerprint density at radius 3 is 2.59 bits per heavy atom. The van der Waals surface area contributed by atoms with Crippen molar-refractivity contribution in [2.24, 2.45) is 0 Å². The lowest BCUT2D eigenvalue weighted by atomic mass is 10.1. The molecule has 1 aliphatic heterocycles. The van der Waals surface area contributed by atoms with Gasteiger partial charge in [-0.3, -0.25) is 9.59 Å². The molecule has 11 heteroatoms. The molecular formula is C28H25N3O7S. The highest BCUT2D eigenvalue weighted by molar-refractivity contribution is 7.18. The summed E-state index contributed by atoms with van der Waals surface area (Å²) in [4.78, 5) is 42.0. The summed E-state index contributed by atoms with van der Waals surface area (Å²) in [5, 5.41) is 22.2. The number of aliphatic carboxylic acids is 2. The van der Waals surface area contributed by atoms with Crippen molar-refractivity contribution < 1.29 is 34.1 Å². The average molecular weight is 548 g/mol. The lowest BCUT2D eigenvalue weighted by Crippen LogP contribution is -2.45. The number of amides is 1. The van der Waals surface area contributed by atoms with Gasteiger partial charge in [-0.25, -0.2) is 9.78 Å². The van der Waals surface area contributed by atoms with Crippen LogP contribution in [0.2, 0.25) is 0 Å². The Hall–Kier alpha value is -4.64. The van der Waals surface area contributed by atoms with E-state index in [1.165, 1.54) is 0 Å². The smallest absolute Gasteiger partial charge is 0.346 e. The van der Waals surface area contributed by atoms with Crippen LogP contribution in [0.25, 0.3) is 10.2 Å². The number of hydrogen-bond acceptors (Lipinski definition) is 8. The Morgan fingerprint density at radius 2 is 1.85 bits per heavy atom. The lowest BCUT2D eigenvalue weighted by molar-refractivity contribution is -0.145. The van der Waals surface area contributed by atoms with E-state index in [4.69, 9.17) is 14.6 Å². The summed E-state index contributed by atoms with van der Waals surface area (Å²) in [6.45, 7) is 0.715. The molecule has 0 fully saturated rings. The minimum absolute atomic E-state index is 0.0405. The van der Waals surface area contributed by atoms with E-state index in [0.29, 0.717) is 42.3 Å². The molecule has 3 N–H and O–H groups in total. The molecule has 1 aliphatic rings. The molecule has 200 valence electrons. The normalized spacial score (nSPS) is 14.4. The maximum absolute atomic E-state index is 13.0. The summed E-state index contributed by atoms with van der Waals surface area (Å²) >= 11 is 1.57. The zero-order chi connectivity index (χ0) is 27.4. The van der Waals surface area contributed by atoms with Crippen LogP contribution in [-0.4, -0.2) is 52.2 Å². The number of nitrogens with one attached hydrogen (secondary N) is 1. The fourth-order valence-electron chi connectivity index (χ4n) is 4.26. The zero-order valence-corrected chi connectivity index (χ0v) is 21.5. The first-order chi connectivity index (χ1) is 18.9. The van der Waals surface area contributed by atoms with Crippen molar-refractivity contribution in [1.29, 1.82) is 0 Å². The van der Waals surface area contributed by atoms with Crippen LogP contribution in [-0.2, 0) is 16.2 Å². The number of thiazole rings is 1. The number of aromatic nitrogens is 1. The number of carbonyl (C=O) groups excluding carboxylic acids is 1. The highest BCUT2D eigenvalue weighted by Crippen LogP contribution is 2.40. The number of benzene rings is 3. The Bertz CT molecular complexity index is 1490. The molecule has 1 atom stereocenters. The molecule has 4 aromatic rings. The van der Waals surface area contributed by atoms with Gasteiger partial charge in [0.25, 0.3) is 5.91 Å². The maximum atomic E-state index is 13.0. The molecule has 0 aliphatic carbocycles. The van der Waals surface area contributed by atoms with Crippen LogP contribution in [0.3, 0.4) is 0 Å². The van der Waals surface area contributed by atoms with E-state index in [1.807, 2.05) is 24.3 Å². The number of carbonyl (C=O) groups is 3.